The van der Waals surface area contributed by atoms with E-state index < -0.39 is 11.9 Å². The molecule has 1 N–H and O–H groups in total. The highest BCUT2D eigenvalue weighted by molar-refractivity contribution is 6.42. The summed E-state index contributed by atoms with van der Waals surface area (Å²) in [6, 6.07) is 18.5. The van der Waals surface area contributed by atoms with Crippen LogP contribution in [-0.4, -0.2) is 11.9 Å². The maximum absolute atomic E-state index is 12.7. The second kappa shape index (κ2) is 9.02. The van der Waals surface area contributed by atoms with E-state index in [1.54, 1.807) is 66.7 Å². The third kappa shape index (κ3) is 4.85. The summed E-state index contributed by atoms with van der Waals surface area (Å²) in [5.41, 5.74) is 2.21. The molecular weight excluding hydrogens is 459 g/mol. The molecule has 0 spiro atoms. The van der Waals surface area contributed by atoms with Crippen LogP contribution in [-0.2, 0) is 11.4 Å². The zero-order chi connectivity index (χ0) is 22.0. The van der Waals surface area contributed by atoms with Crippen molar-refractivity contribution < 1.29 is 14.3 Å². The quantitative estimate of drug-likeness (QED) is 0.348. The minimum absolute atomic E-state index is 0.175. The summed E-state index contributed by atoms with van der Waals surface area (Å²) in [4.78, 5) is 26.0. The van der Waals surface area contributed by atoms with Crippen LogP contribution in [0.2, 0.25) is 15.1 Å². The van der Waals surface area contributed by atoms with Crippen LogP contribution < -0.4 is 15.0 Å². The first-order valence-electron chi connectivity index (χ1n) is 9.20. The van der Waals surface area contributed by atoms with E-state index in [-0.39, 0.29) is 5.70 Å². The minimum atomic E-state index is -0.528. The molecule has 0 radical (unpaired) electrons. The number of rotatable bonds is 5. The molecule has 0 aliphatic carbocycles. The van der Waals surface area contributed by atoms with E-state index in [0.29, 0.717) is 33.1 Å². The lowest BCUT2D eigenvalue weighted by atomic mass is 10.2. The van der Waals surface area contributed by atoms with Gasteiger partial charge in [-0.25, -0.2) is 9.69 Å². The third-order valence-electron chi connectivity index (χ3n) is 4.53. The van der Waals surface area contributed by atoms with Gasteiger partial charge in [-0.3, -0.25) is 4.79 Å². The predicted molar refractivity (Wildman–Crippen MR) is 123 cm³/mol. The van der Waals surface area contributed by atoms with Crippen molar-refractivity contribution in [3.63, 3.8) is 0 Å². The Morgan fingerprint density at radius 2 is 1.68 bits per heavy atom. The van der Waals surface area contributed by atoms with E-state index in [2.05, 4.69) is 5.32 Å². The van der Waals surface area contributed by atoms with Gasteiger partial charge in [-0.15, -0.1) is 0 Å². The molecule has 1 heterocycles. The van der Waals surface area contributed by atoms with E-state index >= 15 is 0 Å². The fourth-order valence-electron chi connectivity index (χ4n) is 3.01. The Bertz CT molecular complexity index is 1190. The van der Waals surface area contributed by atoms with Crippen molar-refractivity contribution >= 4 is 58.5 Å². The van der Waals surface area contributed by atoms with Gasteiger partial charge >= 0.3 is 6.03 Å². The summed E-state index contributed by atoms with van der Waals surface area (Å²) in [6.07, 6.45) is 1.60. The van der Waals surface area contributed by atoms with Crippen LogP contribution in [0.4, 0.5) is 10.5 Å². The normalized spacial score (nSPS) is 14.8. The van der Waals surface area contributed by atoms with Crippen molar-refractivity contribution in [1.82, 2.24) is 5.32 Å². The number of carbonyl (C=O) groups excluding carboxylic acids is 2. The molecule has 3 aromatic carbocycles. The molecule has 3 amide bonds. The van der Waals surface area contributed by atoms with Crippen LogP contribution in [0.3, 0.4) is 0 Å². The van der Waals surface area contributed by atoms with Crippen molar-refractivity contribution in [2.45, 2.75) is 6.61 Å². The molecule has 0 unspecified atom stereocenters. The van der Waals surface area contributed by atoms with Crippen LogP contribution in [0, 0.1) is 0 Å². The number of anilines is 1. The number of urea groups is 1. The van der Waals surface area contributed by atoms with Gasteiger partial charge in [0.05, 0.1) is 15.7 Å². The Kier molecular flexibility index (Phi) is 6.18. The summed E-state index contributed by atoms with van der Waals surface area (Å²) in [5, 5.41) is 3.99. The summed E-state index contributed by atoms with van der Waals surface area (Å²) < 4.78 is 5.76. The van der Waals surface area contributed by atoms with Crippen molar-refractivity contribution in [3.05, 3.63) is 98.6 Å². The molecule has 0 atom stereocenters. The smallest absolute Gasteiger partial charge is 0.333 e. The predicted octanol–water partition coefficient (Wildman–Crippen LogP) is 6.32. The Morgan fingerprint density at radius 1 is 0.903 bits per heavy atom. The van der Waals surface area contributed by atoms with Gasteiger partial charge in [-0.2, -0.15) is 0 Å². The third-order valence-corrected chi connectivity index (χ3v) is 5.50. The number of ether oxygens (including phenoxy) is 1. The molecule has 1 aliphatic rings. The first kappa shape index (κ1) is 21.2. The lowest BCUT2D eigenvalue weighted by molar-refractivity contribution is -0.113. The van der Waals surface area contributed by atoms with Gasteiger partial charge in [0.2, 0.25) is 0 Å². The molecule has 31 heavy (non-hydrogen) atoms. The summed E-state index contributed by atoms with van der Waals surface area (Å²) in [6.45, 7) is 0.334. The number of amides is 3. The monoisotopic (exact) mass is 472 g/mol. The maximum atomic E-state index is 12.7. The number of hydrogen-bond donors (Lipinski definition) is 1. The van der Waals surface area contributed by atoms with Crippen molar-refractivity contribution in [3.8, 4) is 5.75 Å². The first-order valence-corrected chi connectivity index (χ1v) is 10.3. The minimum Gasteiger partial charge on any atom is -0.489 e. The number of benzene rings is 3. The van der Waals surface area contributed by atoms with E-state index in [4.69, 9.17) is 39.5 Å². The Balaban J connectivity index is 1.45. The molecule has 156 valence electrons. The first-order chi connectivity index (χ1) is 14.9. The van der Waals surface area contributed by atoms with Gasteiger partial charge in [0.25, 0.3) is 5.91 Å². The van der Waals surface area contributed by atoms with Gasteiger partial charge in [0.1, 0.15) is 18.1 Å². The van der Waals surface area contributed by atoms with Gasteiger partial charge in [0.15, 0.2) is 0 Å². The average molecular weight is 474 g/mol. The van der Waals surface area contributed by atoms with E-state index in [1.807, 2.05) is 6.07 Å². The standard InChI is InChI=1S/C23H15Cl3N2O3/c24-16-2-1-3-17(12-16)28-22(29)21(27-23(28)30)11-14-4-7-18(8-5-14)31-13-15-6-9-19(25)20(26)10-15/h1-12H,13H2,(H,27,30)/b21-11+. The fourth-order valence-corrected chi connectivity index (χ4v) is 3.51. The molecule has 1 aliphatic heterocycles. The highest BCUT2D eigenvalue weighted by Gasteiger charge is 2.34. The average Bonchev–Trinajstić information content (AvgIpc) is 3.03. The summed E-state index contributed by atoms with van der Waals surface area (Å²) in [5.74, 6) is 0.197. The molecule has 3 aromatic rings. The van der Waals surface area contributed by atoms with Crippen molar-refractivity contribution in [2.24, 2.45) is 0 Å². The second-order valence-electron chi connectivity index (χ2n) is 6.71. The van der Waals surface area contributed by atoms with Crippen LogP contribution in [0.15, 0.2) is 72.4 Å². The molecular formula is C23H15Cl3N2O3. The van der Waals surface area contributed by atoms with E-state index in [1.165, 1.54) is 0 Å². The summed E-state index contributed by atoms with van der Waals surface area (Å²) >= 11 is 17.9. The lowest BCUT2D eigenvalue weighted by Crippen LogP contribution is -2.30. The van der Waals surface area contributed by atoms with E-state index in [0.717, 1.165) is 16.0 Å². The highest BCUT2D eigenvalue weighted by atomic mass is 35.5. The van der Waals surface area contributed by atoms with Crippen LogP contribution in [0.1, 0.15) is 11.1 Å². The number of halogens is 3. The maximum Gasteiger partial charge on any atom is 0.333 e. The van der Waals surface area contributed by atoms with Gasteiger partial charge in [-0.1, -0.05) is 59.1 Å². The molecule has 0 saturated carbocycles. The number of carbonyl (C=O) groups is 2. The highest BCUT2D eigenvalue weighted by Crippen LogP contribution is 2.26. The van der Waals surface area contributed by atoms with Crippen molar-refractivity contribution in [1.29, 1.82) is 0 Å². The van der Waals surface area contributed by atoms with E-state index in [9.17, 15) is 9.59 Å². The van der Waals surface area contributed by atoms with Crippen LogP contribution in [0.5, 0.6) is 5.75 Å². The van der Waals surface area contributed by atoms with Gasteiger partial charge < -0.3 is 10.1 Å². The van der Waals surface area contributed by atoms with Crippen LogP contribution >= 0.6 is 34.8 Å². The zero-order valence-corrected chi connectivity index (χ0v) is 18.2. The molecule has 4 rings (SSSR count). The molecule has 1 fully saturated rings. The van der Waals surface area contributed by atoms with Gasteiger partial charge in [0, 0.05) is 5.02 Å². The number of nitrogens with one attached hydrogen (secondary N) is 1. The zero-order valence-electron chi connectivity index (χ0n) is 15.9. The van der Waals surface area contributed by atoms with Crippen molar-refractivity contribution in [2.75, 3.05) is 4.90 Å². The number of imide groups is 1. The fraction of sp³-hybridized carbons (Fsp3) is 0.0435. The SMILES string of the molecule is O=C1N/C(=C/c2ccc(OCc3ccc(Cl)c(Cl)c3)cc2)C(=O)N1c1cccc(Cl)c1. The second-order valence-corrected chi connectivity index (χ2v) is 7.97. The Hall–Kier alpha value is -2.99. The van der Waals surface area contributed by atoms with Crippen LogP contribution in [0.25, 0.3) is 6.08 Å². The number of nitrogens with zero attached hydrogens (tertiary/aromatic N) is 1. The molecule has 1 saturated heterocycles. The molecule has 0 aromatic heterocycles. The summed E-state index contributed by atoms with van der Waals surface area (Å²) in [7, 11) is 0. The van der Waals surface area contributed by atoms with Gasteiger partial charge in [-0.05, 0) is 59.7 Å². The Morgan fingerprint density at radius 3 is 2.39 bits per heavy atom. The topological polar surface area (TPSA) is 58.6 Å². The molecule has 8 heteroatoms. The molecule has 5 nitrogen and oxygen atoms in total. The lowest BCUT2D eigenvalue weighted by Gasteiger charge is -2.11. The Labute approximate surface area is 193 Å². The largest absolute Gasteiger partial charge is 0.489 e. The number of hydrogen-bond acceptors (Lipinski definition) is 3. The molecule has 0 bridgehead atoms.